The third-order valence-electron chi connectivity index (χ3n) is 4.24. The van der Waals surface area contributed by atoms with Crippen LogP contribution in [0.3, 0.4) is 0 Å². The number of benzene rings is 2. The Kier molecular flexibility index (Phi) is 6.16. The molecule has 1 amide bonds. The topological polar surface area (TPSA) is 77.7 Å². The first-order chi connectivity index (χ1) is 14.0. The zero-order valence-electron chi connectivity index (χ0n) is 15.9. The third-order valence-corrected chi connectivity index (χ3v) is 6.39. The van der Waals surface area contributed by atoms with Crippen LogP contribution in [0.2, 0.25) is 0 Å². The molecule has 160 valence electrons. The number of hydrogen-bond acceptors (Lipinski definition) is 5. The number of carbonyl (C=O) groups excluding carboxylic acids is 1. The van der Waals surface area contributed by atoms with Crippen molar-refractivity contribution >= 4 is 37.3 Å². The summed E-state index contributed by atoms with van der Waals surface area (Å²) in [4.78, 5) is 16.9. The Labute approximate surface area is 174 Å². The van der Waals surface area contributed by atoms with E-state index in [1.54, 1.807) is 10.6 Å². The molecule has 0 aliphatic rings. The van der Waals surface area contributed by atoms with Gasteiger partial charge < -0.3 is 9.30 Å². The molecule has 2 aromatic carbocycles. The molecule has 0 atom stereocenters. The van der Waals surface area contributed by atoms with Crippen molar-refractivity contribution in [2.24, 2.45) is 4.99 Å². The molecule has 11 heteroatoms. The van der Waals surface area contributed by atoms with Crippen molar-refractivity contribution in [1.82, 2.24) is 4.57 Å². The van der Waals surface area contributed by atoms with Gasteiger partial charge in [0.2, 0.25) is 0 Å². The Morgan fingerprint density at radius 2 is 1.93 bits per heavy atom. The average Bonchev–Trinajstić information content (AvgIpc) is 3.01. The molecule has 0 saturated carbocycles. The number of alkyl halides is 3. The first-order valence-electron chi connectivity index (χ1n) is 8.59. The Balaban J connectivity index is 2.13. The number of aromatic nitrogens is 1. The second-order valence-electron chi connectivity index (χ2n) is 6.43. The maximum absolute atomic E-state index is 12.9. The van der Waals surface area contributed by atoms with Crippen molar-refractivity contribution in [3.8, 4) is 0 Å². The monoisotopic (exact) mass is 458 g/mol. The van der Waals surface area contributed by atoms with E-state index in [4.69, 9.17) is 4.74 Å². The van der Waals surface area contributed by atoms with Gasteiger partial charge in [0.1, 0.15) is 0 Å². The van der Waals surface area contributed by atoms with Crippen LogP contribution in [0.15, 0.2) is 52.4 Å². The third kappa shape index (κ3) is 4.79. The highest BCUT2D eigenvalue weighted by Gasteiger charge is 2.30. The summed E-state index contributed by atoms with van der Waals surface area (Å²) in [5.74, 6) is -0.831. The average molecular weight is 458 g/mol. The number of sulfone groups is 1. The van der Waals surface area contributed by atoms with Crippen molar-refractivity contribution in [2.45, 2.75) is 17.6 Å². The summed E-state index contributed by atoms with van der Waals surface area (Å²) in [7, 11) is -1.93. The minimum Gasteiger partial charge on any atom is -0.383 e. The van der Waals surface area contributed by atoms with Gasteiger partial charge in [-0.15, -0.1) is 0 Å². The van der Waals surface area contributed by atoms with Gasteiger partial charge in [-0.1, -0.05) is 17.4 Å². The molecule has 0 aliphatic carbocycles. The minimum absolute atomic E-state index is 0.117. The van der Waals surface area contributed by atoms with Gasteiger partial charge in [0.25, 0.3) is 5.91 Å². The van der Waals surface area contributed by atoms with E-state index in [0.29, 0.717) is 23.4 Å². The molecule has 30 heavy (non-hydrogen) atoms. The van der Waals surface area contributed by atoms with Crippen LogP contribution in [0, 0.1) is 0 Å². The molecule has 3 aromatic rings. The summed E-state index contributed by atoms with van der Waals surface area (Å²) in [6.45, 7) is 0.619. The molecule has 1 aromatic heterocycles. The Morgan fingerprint density at radius 3 is 2.57 bits per heavy atom. The number of carbonyl (C=O) groups is 1. The predicted molar refractivity (Wildman–Crippen MR) is 106 cm³/mol. The number of hydrogen-bond donors (Lipinski definition) is 0. The highest BCUT2D eigenvalue weighted by atomic mass is 32.2. The SMILES string of the molecule is COCCn1c(=NC(=O)c2cccc(C(F)(F)F)c2)sc2cc(S(C)(=O)=O)ccc21. The molecule has 0 aliphatic heterocycles. The van der Waals surface area contributed by atoms with Crippen LogP contribution in [-0.2, 0) is 27.3 Å². The lowest BCUT2D eigenvalue weighted by atomic mass is 10.1. The van der Waals surface area contributed by atoms with Gasteiger partial charge in [0.05, 0.1) is 27.3 Å². The number of thiazole rings is 1. The molecule has 0 bridgehead atoms. The smallest absolute Gasteiger partial charge is 0.383 e. The van der Waals surface area contributed by atoms with Crippen molar-refractivity contribution in [1.29, 1.82) is 0 Å². The maximum atomic E-state index is 12.9. The Hall–Kier alpha value is -2.50. The van der Waals surface area contributed by atoms with E-state index < -0.39 is 27.5 Å². The van der Waals surface area contributed by atoms with Gasteiger partial charge in [0, 0.05) is 25.5 Å². The molecule has 1 heterocycles. The molecule has 0 fully saturated rings. The van der Waals surface area contributed by atoms with E-state index in [9.17, 15) is 26.4 Å². The van der Waals surface area contributed by atoms with Crippen LogP contribution in [0.4, 0.5) is 13.2 Å². The van der Waals surface area contributed by atoms with E-state index in [0.717, 1.165) is 35.8 Å². The molecule has 0 N–H and O–H groups in total. The van der Waals surface area contributed by atoms with Crippen LogP contribution >= 0.6 is 11.3 Å². The molecule has 6 nitrogen and oxygen atoms in total. The number of nitrogens with zero attached hydrogens (tertiary/aromatic N) is 2. The van der Waals surface area contributed by atoms with E-state index >= 15 is 0 Å². The van der Waals surface area contributed by atoms with Crippen molar-refractivity contribution < 1.29 is 31.1 Å². The number of ether oxygens (including phenoxy) is 1. The summed E-state index contributed by atoms with van der Waals surface area (Å²) >= 11 is 1.07. The van der Waals surface area contributed by atoms with Crippen molar-refractivity contribution in [2.75, 3.05) is 20.0 Å². The first-order valence-corrected chi connectivity index (χ1v) is 11.3. The Bertz CT molecular complexity index is 1270. The zero-order chi connectivity index (χ0) is 22.1. The molecule has 0 spiro atoms. The summed E-state index contributed by atoms with van der Waals surface area (Å²) in [5.41, 5.74) is -0.498. The zero-order valence-corrected chi connectivity index (χ0v) is 17.6. The van der Waals surface area contributed by atoms with Gasteiger partial charge in [-0.2, -0.15) is 18.2 Å². The lowest BCUT2D eigenvalue weighted by molar-refractivity contribution is -0.137. The summed E-state index contributed by atoms with van der Waals surface area (Å²) in [6.07, 6.45) is -3.49. The lowest BCUT2D eigenvalue weighted by Gasteiger charge is -2.07. The highest BCUT2D eigenvalue weighted by Crippen LogP contribution is 2.29. The second kappa shape index (κ2) is 8.32. The fraction of sp³-hybridized carbons (Fsp3) is 0.263. The van der Waals surface area contributed by atoms with E-state index in [1.165, 1.54) is 25.3 Å². The van der Waals surface area contributed by atoms with E-state index in [2.05, 4.69) is 4.99 Å². The number of fused-ring (bicyclic) bond motifs is 1. The molecular weight excluding hydrogens is 441 g/mol. The van der Waals surface area contributed by atoms with Gasteiger partial charge in [-0.3, -0.25) is 4.79 Å². The van der Waals surface area contributed by atoms with Crippen LogP contribution in [0.5, 0.6) is 0 Å². The Morgan fingerprint density at radius 1 is 1.20 bits per heavy atom. The lowest BCUT2D eigenvalue weighted by Crippen LogP contribution is -2.19. The summed E-state index contributed by atoms with van der Waals surface area (Å²) in [6, 6.07) is 8.57. The number of amides is 1. The van der Waals surface area contributed by atoms with Crippen LogP contribution in [-0.4, -0.2) is 38.9 Å². The van der Waals surface area contributed by atoms with Crippen LogP contribution in [0.1, 0.15) is 15.9 Å². The van der Waals surface area contributed by atoms with Gasteiger partial charge in [-0.25, -0.2) is 8.42 Å². The molecular formula is C19H17F3N2O4S2. The predicted octanol–water partition coefficient (Wildman–Crippen LogP) is 3.51. The molecule has 0 saturated heterocycles. The number of methoxy groups -OCH3 is 1. The van der Waals surface area contributed by atoms with Gasteiger partial charge in [-0.05, 0) is 36.4 Å². The van der Waals surface area contributed by atoms with E-state index in [1.807, 2.05) is 0 Å². The van der Waals surface area contributed by atoms with Crippen molar-refractivity contribution in [3.63, 3.8) is 0 Å². The fourth-order valence-electron chi connectivity index (χ4n) is 2.75. The van der Waals surface area contributed by atoms with Gasteiger partial charge in [0.15, 0.2) is 14.6 Å². The molecule has 0 radical (unpaired) electrons. The molecule has 0 unspecified atom stereocenters. The van der Waals surface area contributed by atoms with Crippen molar-refractivity contribution in [3.05, 3.63) is 58.4 Å². The maximum Gasteiger partial charge on any atom is 0.416 e. The van der Waals surface area contributed by atoms with Gasteiger partial charge >= 0.3 is 6.18 Å². The first kappa shape index (κ1) is 22.2. The number of rotatable bonds is 5. The minimum atomic E-state index is -4.58. The molecule has 3 rings (SSSR count). The number of halogens is 3. The largest absolute Gasteiger partial charge is 0.416 e. The standard InChI is InChI=1S/C19H17F3N2O4S2/c1-28-9-8-24-15-7-6-14(30(2,26)27)11-16(15)29-18(24)23-17(25)12-4-3-5-13(10-12)19(20,21)22/h3-7,10-11H,8-9H2,1-2H3. The quantitative estimate of drug-likeness (QED) is 0.586. The normalized spacial score (nSPS) is 13.2. The van der Waals surface area contributed by atoms with Crippen LogP contribution in [0.25, 0.3) is 10.2 Å². The summed E-state index contributed by atoms with van der Waals surface area (Å²) in [5, 5.41) is 0. The van der Waals surface area contributed by atoms with E-state index in [-0.39, 0.29) is 15.3 Å². The van der Waals surface area contributed by atoms with Crippen LogP contribution < -0.4 is 4.80 Å². The summed E-state index contributed by atoms with van der Waals surface area (Å²) < 4.78 is 69.8. The fourth-order valence-corrected chi connectivity index (χ4v) is 4.56. The highest BCUT2D eigenvalue weighted by molar-refractivity contribution is 7.90. The second-order valence-corrected chi connectivity index (χ2v) is 9.45.